The first kappa shape index (κ1) is 16.0. The SMILES string of the molecule is Cc1ccc(NC(=O)C(C)N2CCC(CO)CC2)c(C)c1. The van der Waals surface area contributed by atoms with Gasteiger partial charge < -0.3 is 10.4 Å². The van der Waals surface area contributed by atoms with Crippen LogP contribution in [0.4, 0.5) is 5.69 Å². The van der Waals surface area contributed by atoms with Crippen LogP contribution in [0, 0.1) is 19.8 Å². The molecule has 1 aromatic carbocycles. The highest BCUT2D eigenvalue weighted by Gasteiger charge is 2.26. The number of aliphatic hydroxyl groups excluding tert-OH is 1. The molecular formula is C17H26N2O2. The maximum Gasteiger partial charge on any atom is 0.241 e. The smallest absolute Gasteiger partial charge is 0.241 e. The number of benzene rings is 1. The Labute approximate surface area is 127 Å². The van der Waals surface area contributed by atoms with Gasteiger partial charge in [-0.25, -0.2) is 0 Å². The van der Waals surface area contributed by atoms with Gasteiger partial charge in [-0.2, -0.15) is 0 Å². The first-order chi connectivity index (χ1) is 10.0. The van der Waals surface area contributed by atoms with Crippen molar-refractivity contribution in [2.45, 2.75) is 39.7 Å². The summed E-state index contributed by atoms with van der Waals surface area (Å²) in [7, 11) is 0. The Morgan fingerprint density at radius 3 is 2.62 bits per heavy atom. The highest BCUT2D eigenvalue weighted by Crippen LogP contribution is 2.20. The molecule has 1 amide bonds. The number of nitrogens with zero attached hydrogens (tertiary/aromatic N) is 1. The average Bonchev–Trinajstić information content (AvgIpc) is 2.49. The molecule has 116 valence electrons. The van der Waals surface area contributed by atoms with Crippen LogP contribution in [0.1, 0.15) is 30.9 Å². The zero-order valence-electron chi connectivity index (χ0n) is 13.2. The number of hydrogen-bond donors (Lipinski definition) is 2. The van der Waals surface area contributed by atoms with Crippen molar-refractivity contribution in [1.82, 2.24) is 4.90 Å². The molecule has 0 spiro atoms. The molecule has 4 nitrogen and oxygen atoms in total. The van der Waals surface area contributed by atoms with Gasteiger partial charge in [-0.05, 0) is 64.3 Å². The lowest BCUT2D eigenvalue weighted by atomic mass is 9.97. The molecule has 0 bridgehead atoms. The van der Waals surface area contributed by atoms with E-state index in [-0.39, 0.29) is 18.6 Å². The summed E-state index contributed by atoms with van der Waals surface area (Å²) >= 11 is 0. The van der Waals surface area contributed by atoms with Crippen molar-refractivity contribution in [1.29, 1.82) is 0 Å². The Kier molecular flexibility index (Phi) is 5.37. The molecule has 2 N–H and O–H groups in total. The van der Waals surface area contributed by atoms with E-state index in [0.29, 0.717) is 5.92 Å². The predicted molar refractivity (Wildman–Crippen MR) is 85.4 cm³/mol. The first-order valence-electron chi connectivity index (χ1n) is 7.74. The molecule has 0 aliphatic carbocycles. The van der Waals surface area contributed by atoms with Gasteiger partial charge in [-0.15, -0.1) is 0 Å². The number of likely N-dealkylation sites (tertiary alicyclic amines) is 1. The molecule has 1 fully saturated rings. The van der Waals surface area contributed by atoms with E-state index in [0.717, 1.165) is 37.2 Å². The van der Waals surface area contributed by atoms with E-state index < -0.39 is 0 Å². The molecule has 1 atom stereocenters. The van der Waals surface area contributed by atoms with Gasteiger partial charge in [0.1, 0.15) is 0 Å². The van der Waals surface area contributed by atoms with E-state index in [4.69, 9.17) is 0 Å². The molecule has 1 aliphatic rings. The Morgan fingerprint density at radius 2 is 2.05 bits per heavy atom. The van der Waals surface area contributed by atoms with E-state index in [2.05, 4.69) is 16.3 Å². The summed E-state index contributed by atoms with van der Waals surface area (Å²) in [6.45, 7) is 8.04. The third kappa shape index (κ3) is 4.05. The lowest BCUT2D eigenvalue weighted by Gasteiger charge is -2.34. The minimum absolute atomic E-state index is 0.0457. The molecule has 4 heteroatoms. The number of anilines is 1. The minimum Gasteiger partial charge on any atom is -0.396 e. The van der Waals surface area contributed by atoms with Gasteiger partial charge in [-0.3, -0.25) is 9.69 Å². The van der Waals surface area contributed by atoms with E-state index >= 15 is 0 Å². The number of carbonyl (C=O) groups excluding carboxylic acids is 1. The van der Waals surface area contributed by atoms with Crippen LogP contribution in [0.25, 0.3) is 0 Å². The summed E-state index contributed by atoms with van der Waals surface area (Å²) in [5.74, 6) is 0.445. The number of amides is 1. The first-order valence-corrected chi connectivity index (χ1v) is 7.74. The largest absolute Gasteiger partial charge is 0.396 e. The fourth-order valence-corrected chi connectivity index (χ4v) is 2.88. The van der Waals surface area contributed by atoms with Crippen LogP contribution in [0.5, 0.6) is 0 Å². The van der Waals surface area contributed by atoms with Crippen LogP contribution >= 0.6 is 0 Å². The molecule has 0 saturated carbocycles. The third-order valence-corrected chi connectivity index (χ3v) is 4.47. The number of hydrogen-bond acceptors (Lipinski definition) is 3. The van der Waals surface area contributed by atoms with E-state index in [1.54, 1.807) is 0 Å². The van der Waals surface area contributed by atoms with Crippen molar-refractivity contribution in [2.75, 3.05) is 25.0 Å². The van der Waals surface area contributed by atoms with Crippen molar-refractivity contribution in [3.8, 4) is 0 Å². The van der Waals surface area contributed by atoms with Gasteiger partial charge in [0.2, 0.25) is 5.91 Å². The molecule has 2 rings (SSSR count). The monoisotopic (exact) mass is 290 g/mol. The second-order valence-electron chi connectivity index (χ2n) is 6.15. The Morgan fingerprint density at radius 1 is 1.38 bits per heavy atom. The van der Waals surface area contributed by atoms with Crippen LogP contribution in [0.3, 0.4) is 0 Å². The van der Waals surface area contributed by atoms with E-state index in [9.17, 15) is 9.90 Å². The van der Waals surface area contributed by atoms with Crippen LogP contribution in [0.15, 0.2) is 18.2 Å². The summed E-state index contributed by atoms with van der Waals surface area (Å²) in [6, 6.07) is 5.92. The number of aryl methyl sites for hydroxylation is 2. The molecule has 1 saturated heterocycles. The van der Waals surface area contributed by atoms with E-state index in [1.165, 1.54) is 5.56 Å². The van der Waals surface area contributed by atoms with E-state index in [1.807, 2.05) is 32.9 Å². The Bertz CT molecular complexity index is 494. The zero-order chi connectivity index (χ0) is 15.4. The van der Waals surface area contributed by atoms with Crippen molar-refractivity contribution in [3.63, 3.8) is 0 Å². The highest BCUT2D eigenvalue weighted by atomic mass is 16.3. The van der Waals surface area contributed by atoms with Gasteiger partial charge in [0, 0.05) is 12.3 Å². The summed E-state index contributed by atoms with van der Waals surface area (Å²) in [4.78, 5) is 14.6. The predicted octanol–water partition coefficient (Wildman–Crippen LogP) is 2.33. The topological polar surface area (TPSA) is 52.6 Å². The third-order valence-electron chi connectivity index (χ3n) is 4.47. The maximum absolute atomic E-state index is 12.4. The molecule has 1 unspecified atom stereocenters. The Hall–Kier alpha value is -1.39. The maximum atomic E-state index is 12.4. The zero-order valence-corrected chi connectivity index (χ0v) is 13.2. The van der Waals surface area contributed by atoms with Crippen molar-refractivity contribution in [3.05, 3.63) is 29.3 Å². The molecule has 1 aliphatic heterocycles. The van der Waals surface area contributed by atoms with Crippen molar-refractivity contribution >= 4 is 11.6 Å². The number of carbonyl (C=O) groups is 1. The Balaban J connectivity index is 1.93. The summed E-state index contributed by atoms with van der Waals surface area (Å²) < 4.78 is 0. The summed E-state index contributed by atoms with van der Waals surface area (Å²) in [6.07, 6.45) is 1.94. The molecule has 0 radical (unpaired) electrons. The molecular weight excluding hydrogens is 264 g/mol. The second kappa shape index (κ2) is 7.05. The van der Waals surface area contributed by atoms with Gasteiger partial charge in [0.25, 0.3) is 0 Å². The summed E-state index contributed by atoms with van der Waals surface area (Å²) in [5, 5.41) is 12.2. The number of rotatable bonds is 4. The lowest BCUT2D eigenvalue weighted by Crippen LogP contribution is -2.46. The highest BCUT2D eigenvalue weighted by molar-refractivity contribution is 5.95. The molecule has 21 heavy (non-hydrogen) atoms. The number of aliphatic hydroxyl groups is 1. The molecule has 0 aromatic heterocycles. The molecule has 1 heterocycles. The fraction of sp³-hybridized carbons (Fsp3) is 0.588. The lowest BCUT2D eigenvalue weighted by molar-refractivity contribution is -0.121. The van der Waals surface area contributed by atoms with Crippen LogP contribution in [-0.4, -0.2) is 41.7 Å². The van der Waals surface area contributed by atoms with Crippen LogP contribution < -0.4 is 5.32 Å². The average molecular weight is 290 g/mol. The quantitative estimate of drug-likeness (QED) is 0.895. The van der Waals surface area contributed by atoms with Crippen LogP contribution in [-0.2, 0) is 4.79 Å². The van der Waals surface area contributed by atoms with Gasteiger partial charge in [0.05, 0.1) is 6.04 Å². The summed E-state index contributed by atoms with van der Waals surface area (Å²) in [5.41, 5.74) is 3.18. The van der Waals surface area contributed by atoms with Crippen molar-refractivity contribution < 1.29 is 9.90 Å². The molecule has 1 aromatic rings. The van der Waals surface area contributed by atoms with Crippen LogP contribution in [0.2, 0.25) is 0 Å². The van der Waals surface area contributed by atoms with Gasteiger partial charge in [-0.1, -0.05) is 17.7 Å². The normalized spacial score (nSPS) is 18.5. The number of nitrogens with one attached hydrogen (secondary N) is 1. The fourth-order valence-electron chi connectivity index (χ4n) is 2.88. The number of piperidine rings is 1. The van der Waals surface area contributed by atoms with Gasteiger partial charge in [0.15, 0.2) is 0 Å². The minimum atomic E-state index is -0.134. The standard InChI is InChI=1S/C17H26N2O2/c1-12-4-5-16(13(2)10-12)18-17(21)14(3)19-8-6-15(11-20)7-9-19/h4-5,10,14-15,20H,6-9,11H2,1-3H3,(H,18,21). The second-order valence-corrected chi connectivity index (χ2v) is 6.15. The van der Waals surface area contributed by atoms with Gasteiger partial charge >= 0.3 is 0 Å². The van der Waals surface area contributed by atoms with Crippen molar-refractivity contribution in [2.24, 2.45) is 5.92 Å².